The van der Waals surface area contributed by atoms with E-state index in [1.807, 2.05) is 13.0 Å². The van der Waals surface area contributed by atoms with E-state index in [9.17, 15) is 5.11 Å². The van der Waals surface area contributed by atoms with E-state index in [0.29, 0.717) is 25.2 Å². The van der Waals surface area contributed by atoms with Crippen LogP contribution in [-0.2, 0) is 4.74 Å². The molecule has 0 saturated heterocycles. The Hall–Kier alpha value is -0.380. The lowest BCUT2D eigenvalue weighted by Gasteiger charge is -2.29. The molecule has 2 N–H and O–H groups in total. The standard InChI is InChI=1S/C15H29NO2/c1-3-4-7-10-16-11-14(17)12-18-15-9-6-5-8-13(15)2/h3-4,13-17H,5-12H2,1-2H3/b4-3+. The van der Waals surface area contributed by atoms with Crippen molar-refractivity contribution < 1.29 is 9.84 Å². The van der Waals surface area contributed by atoms with E-state index in [4.69, 9.17) is 4.74 Å². The lowest BCUT2D eigenvalue weighted by molar-refractivity contribution is -0.0450. The summed E-state index contributed by atoms with van der Waals surface area (Å²) in [4.78, 5) is 0. The van der Waals surface area contributed by atoms with Crippen LogP contribution >= 0.6 is 0 Å². The minimum absolute atomic E-state index is 0.358. The van der Waals surface area contributed by atoms with Crippen LogP contribution in [0.3, 0.4) is 0 Å². The zero-order valence-electron chi connectivity index (χ0n) is 11.9. The van der Waals surface area contributed by atoms with E-state index < -0.39 is 0 Å². The lowest BCUT2D eigenvalue weighted by atomic mass is 9.88. The van der Waals surface area contributed by atoms with Crippen molar-refractivity contribution in [1.82, 2.24) is 5.32 Å². The molecule has 0 amide bonds. The Balaban J connectivity index is 2.03. The topological polar surface area (TPSA) is 41.5 Å². The highest BCUT2D eigenvalue weighted by atomic mass is 16.5. The van der Waals surface area contributed by atoms with E-state index in [0.717, 1.165) is 19.4 Å². The molecule has 0 aromatic rings. The summed E-state index contributed by atoms with van der Waals surface area (Å²) in [7, 11) is 0. The number of allylic oxidation sites excluding steroid dienone is 1. The van der Waals surface area contributed by atoms with Gasteiger partial charge in [-0.05, 0) is 38.6 Å². The van der Waals surface area contributed by atoms with E-state index >= 15 is 0 Å². The molecule has 0 bridgehead atoms. The Kier molecular flexibility index (Phi) is 8.31. The van der Waals surface area contributed by atoms with Crippen LogP contribution in [0.5, 0.6) is 0 Å². The number of aliphatic hydroxyl groups is 1. The van der Waals surface area contributed by atoms with Crippen molar-refractivity contribution >= 4 is 0 Å². The molecule has 0 aromatic carbocycles. The Labute approximate surface area is 112 Å². The molecule has 0 heterocycles. The van der Waals surface area contributed by atoms with Crippen molar-refractivity contribution in [2.45, 2.75) is 58.2 Å². The zero-order chi connectivity index (χ0) is 13.2. The van der Waals surface area contributed by atoms with Crippen LogP contribution in [0.1, 0.15) is 46.0 Å². The minimum Gasteiger partial charge on any atom is -0.389 e. The molecule has 3 unspecified atom stereocenters. The molecule has 0 spiro atoms. The van der Waals surface area contributed by atoms with Gasteiger partial charge in [-0.2, -0.15) is 0 Å². The first-order valence-corrected chi connectivity index (χ1v) is 7.35. The number of hydrogen-bond donors (Lipinski definition) is 2. The summed E-state index contributed by atoms with van der Waals surface area (Å²) in [5, 5.41) is 13.1. The summed E-state index contributed by atoms with van der Waals surface area (Å²) >= 11 is 0. The molecule has 0 aromatic heterocycles. The van der Waals surface area contributed by atoms with E-state index in [-0.39, 0.29) is 6.10 Å². The second-order valence-electron chi connectivity index (χ2n) is 5.35. The number of aliphatic hydroxyl groups excluding tert-OH is 1. The van der Waals surface area contributed by atoms with Crippen LogP contribution < -0.4 is 5.32 Å². The lowest BCUT2D eigenvalue weighted by Crippen LogP contribution is -2.34. The molecule has 3 atom stereocenters. The molecule has 1 rings (SSSR count). The van der Waals surface area contributed by atoms with Gasteiger partial charge in [0.15, 0.2) is 0 Å². The molecule has 0 radical (unpaired) electrons. The first-order valence-electron chi connectivity index (χ1n) is 7.35. The highest BCUT2D eigenvalue weighted by molar-refractivity contribution is 4.78. The van der Waals surface area contributed by atoms with Crippen molar-refractivity contribution in [2.24, 2.45) is 5.92 Å². The number of ether oxygens (including phenoxy) is 1. The van der Waals surface area contributed by atoms with E-state index in [1.54, 1.807) is 0 Å². The van der Waals surface area contributed by atoms with E-state index in [1.165, 1.54) is 19.3 Å². The van der Waals surface area contributed by atoms with Crippen LogP contribution in [0.2, 0.25) is 0 Å². The van der Waals surface area contributed by atoms with Gasteiger partial charge in [0.2, 0.25) is 0 Å². The number of hydrogen-bond acceptors (Lipinski definition) is 3. The summed E-state index contributed by atoms with van der Waals surface area (Å²) in [6.07, 6.45) is 10.2. The fourth-order valence-corrected chi connectivity index (χ4v) is 2.44. The van der Waals surface area contributed by atoms with Crippen LogP contribution in [0.15, 0.2) is 12.2 Å². The van der Waals surface area contributed by atoms with Gasteiger partial charge < -0.3 is 15.2 Å². The SMILES string of the molecule is C/C=C/CCNCC(O)COC1CCCCC1C. The smallest absolute Gasteiger partial charge is 0.0897 e. The van der Waals surface area contributed by atoms with Crippen LogP contribution in [0.4, 0.5) is 0 Å². The summed E-state index contributed by atoms with van der Waals surface area (Å²) < 4.78 is 5.83. The number of rotatable bonds is 8. The molecular formula is C15H29NO2. The van der Waals surface area contributed by atoms with Gasteiger partial charge >= 0.3 is 0 Å². The molecule has 1 fully saturated rings. The maximum absolute atomic E-state index is 9.82. The van der Waals surface area contributed by atoms with Crippen molar-refractivity contribution in [3.05, 3.63) is 12.2 Å². The van der Waals surface area contributed by atoms with Crippen molar-refractivity contribution in [2.75, 3.05) is 19.7 Å². The van der Waals surface area contributed by atoms with Crippen LogP contribution in [0.25, 0.3) is 0 Å². The monoisotopic (exact) mass is 255 g/mol. The molecule has 106 valence electrons. The molecule has 1 aliphatic carbocycles. The molecule has 0 aliphatic heterocycles. The Morgan fingerprint density at radius 2 is 2.17 bits per heavy atom. The number of nitrogens with one attached hydrogen (secondary N) is 1. The highest BCUT2D eigenvalue weighted by Crippen LogP contribution is 2.26. The van der Waals surface area contributed by atoms with Gasteiger partial charge in [-0.1, -0.05) is 31.9 Å². The molecular weight excluding hydrogens is 226 g/mol. The van der Waals surface area contributed by atoms with Crippen LogP contribution in [0, 0.1) is 5.92 Å². The van der Waals surface area contributed by atoms with Crippen molar-refractivity contribution in [3.8, 4) is 0 Å². The summed E-state index contributed by atoms with van der Waals surface area (Å²) in [5.74, 6) is 0.647. The average Bonchev–Trinajstić information content (AvgIpc) is 2.37. The van der Waals surface area contributed by atoms with Gasteiger partial charge in [-0.3, -0.25) is 0 Å². The Morgan fingerprint density at radius 1 is 1.39 bits per heavy atom. The second-order valence-corrected chi connectivity index (χ2v) is 5.35. The maximum Gasteiger partial charge on any atom is 0.0897 e. The van der Waals surface area contributed by atoms with Crippen molar-refractivity contribution in [3.63, 3.8) is 0 Å². The van der Waals surface area contributed by atoms with Gasteiger partial charge in [0.25, 0.3) is 0 Å². The summed E-state index contributed by atoms with van der Waals surface area (Å²) in [6, 6.07) is 0. The van der Waals surface area contributed by atoms with Crippen LogP contribution in [-0.4, -0.2) is 37.0 Å². The molecule has 1 saturated carbocycles. The van der Waals surface area contributed by atoms with Gasteiger partial charge in [-0.15, -0.1) is 0 Å². The van der Waals surface area contributed by atoms with Gasteiger partial charge in [0.05, 0.1) is 18.8 Å². The van der Waals surface area contributed by atoms with E-state index in [2.05, 4.69) is 18.3 Å². The summed E-state index contributed by atoms with van der Waals surface area (Å²) in [6.45, 7) is 6.28. The predicted octanol–water partition coefficient (Wildman–Crippen LogP) is 2.50. The zero-order valence-corrected chi connectivity index (χ0v) is 11.9. The average molecular weight is 255 g/mol. The largest absolute Gasteiger partial charge is 0.389 e. The highest BCUT2D eigenvalue weighted by Gasteiger charge is 2.22. The first-order chi connectivity index (χ1) is 8.74. The maximum atomic E-state index is 9.82. The third kappa shape index (κ3) is 6.53. The Bertz CT molecular complexity index is 231. The molecule has 18 heavy (non-hydrogen) atoms. The van der Waals surface area contributed by atoms with Gasteiger partial charge in [0.1, 0.15) is 0 Å². The Morgan fingerprint density at radius 3 is 2.89 bits per heavy atom. The van der Waals surface area contributed by atoms with Crippen molar-refractivity contribution in [1.29, 1.82) is 0 Å². The fraction of sp³-hybridized carbons (Fsp3) is 0.867. The van der Waals surface area contributed by atoms with Gasteiger partial charge in [0, 0.05) is 6.54 Å². The fourth-order valence-electron chi connectivity index (χ4n) is 2.44. The third-order valence-electron chi connectivity index (χ3n) is 3.64. The quantitative estimate of drug-likeness (QED) is 0.517. The third-order valence-corrected chi connectivity index (χ3v) is 3.64. The predicted molar refractivity (Wildman–Crippen MR) is 75.7 cm³/mol. The van der Waals surface area contributed by atoms with Gasteiger partial charge in [-0.25, -0.2) is 0 Å². The normalized spacial score (nSPS) is 26.6. The minimum atomic E-state index is -0.385. The molecule has 3 heteroatoms. The summed E-state index contributed by atoms with van der Waals surface area (Å²) in [5.41, 5.74) is 0. The molecule has 3 nitrogen and oxygen atoms in total. The second kappa shape index (κ2) is 9.54. The first kappa shape index (κ1) is 15.7. The molecule has 1 aliphatic rings.